The quantitative estimate of drug-likeness (QED) is 0.735. The van der Waals surface area contributed by atoms with Crippen LogP contribution >= 0.6 is 11.6 Å². The van der Waals surface area contributed by atoms with Crippen LogP contribution in [0.15, 0.2) is 42.5 Å². The molecule has 0 amide bonds. The molecule has 2 N–H and O–H groups in total. The molecule has 0 unspecified atom stereocenters. The second-order valence-corrected chi connectivity index (χ2v) is 4.87. The molecular weight excluding hydrogens is 274 g/mol. The maximum absolute atomic E-state index is 6.03. The second-order valence-electron chi connectivity index (χ2n) is 4.43. The second kappa shape index (κ2) is 4.94. The van der Waals surface area contributed by atoms with Crippen LogP contribution in [0.1, 0.15) is 5.56 Å². The van der Waals surface area contributed by atoms with Gasteiger partial charge in [0.25, 0.3) is 0 Å². The Balaban J connectivity index is 2.21. The highest BCUT2D eigenvalue weighted by atomic mass is 35.5. The number of aromatic nitrogens is 4. The molecule has 100 valence electrons. The third kappa shape index (κ3) is 2.12. The maximum Gasteiger partial charge on any atom is 0.189 e. The van der Waals surface area contributed by atoms with Crippen molar-refractivity contribution in [1.29, 1.82) is 0 Å². The third-order valence-electron chi connectivity index (χ3n) is 3.07. The summed E-state index contributed by atoms with van der Waals surface area (Å²) in [6.45, 7) is 2.00. The Labute approximate surface area is 121 Å². The lowest BCUT2D eigenvalue weighted by Crippen LogP contribution is -2.03. The molecule has 1 aromatic heterocycles. The molecule has 3 rings (SSSR count). The van der Waals surface area contributed by atoms with E-state index >= 15 is 0 Å². The van der Waals surface area contributed by atoms with Crippen LogP contribution in [0.3, 0.4) is 0 Å². The number of rotatable bonds is 2. The van der Waals surface area contributed by atoms with Gasteiger partial charge in [0.15, 0.2) is 5.82 Å². The standard InChI is InChI=1S/C14H12ClN5/c1-9-4-2-3-5-13(9)20-14(17-18-19-20)11-8-10(15)6-7-12(11)16/h2-8H,16H2,1H3. The number of benzene rings is 2. The topological polar surface area (TPSA) is 69.6 Å². The fraction of sp³-hybridized carbons (Fsp3) is 0.0714. The van der Waals surface area contributed by atoms with E-state index < -0.39 is 0 Å². The molecule has 20 heavy (non-hydrogen) atoms. The largest absolute Gasteiger partial charge is 0.398 e. The Morgan fingerprint density at radius 3 is 2.75 bits per heavy atom. The molecule has 0 aliphatic heterocycles. The van der Waals surface area contributed by atoms with Crippen molar-refractivity contribution in [3.63, 3.8) is 0 Å². The monoisotopic (exact) mass is 285 g/mol. The minimum Gasteiger partial charge on any atom is -0.398 e. The molecule has 0 atom stereocenters. The highest BCUT2D eigenvalue weighted by molar-refractivity contribution is 6.31. The summed E-state index contributed by atoms with van der Waals surface area (Å²) in [5.41, 5.74) is 9.27. The van der Waals surface area contributed by atoms with E-state index in [9.17, 15) is 0 Å². The Bertz CT molecular complexity index is 766. The SMILES string of the molecule is Cc1ccccc1-n1nnnc1-c1cc(Cl)ccc1N. The number of nitrogens with zero attached hydrogens (tertiary/aromatic N) is 4. The summed E-state index contributed by atoms with van der Waals surface area (Å²) >= 11 is 6.03. The summed E-state index contributed by atoms with van der Waals surface area (Å²) in [4.78, 5) is 0. The zero-order chi connectivity index (χ0) is 14.1. The van der Waals surface area contributed by atoms with Crippen LogP contribution in [0.25, 0.3) is 17.1 Å². The van der Waals surface area contributed by atoms with Gasteiger partial charge in [0.1, 0.15) is 0 Å². The van der Waals surface area contributed by atoms with Gasteiger partial charge >= 0.3 is 0 Å². The summed E-state index contributed by atoms with van der Waals surface area (Å²) < 4.78 is 1.66. The number of nitrogen functional groups attached to an aromatic ring is 1. The van der Waals surface area contributed by atoms with Crippen molar-refractivity contribution >= 4 is 17.3 Å². The number of halogens is 1. The summed E-state index contributed by atoms with van der Waals surface area (Å²) in [5.74, 6) is 0.569. The number of nitrogens with two attached hydrogens (primary N) is 1. The highest BCUT2D eigenvalue weighted by Crippen LogP contribution is 2.28. The summed E-state index contributed by atoms with van der Waals surface area (Å²) in [7, 11) is 0. The maximum atomic E-state index is 6.03. The number of aryl methyl sites for hydroxylation is 1. The highest BCUT2D eigenvalue weighted by Gasteiger charge is 2.14. The molecule has 6 heteroatoms. The van der Waals surface area contributed by atoms with Gasteiger partial charge in [0.05, 0.1) is 5.69 Å². The Morgan fingerprint density at radius 2 is 1.95 bits per heavy atom. The van der Waals surface area contributed by atoms with Gasteiger partial charge in [0, 0.05) is 16.3 Å². The Kier molecular flexibility index (Phi) is 3.12. The van der Waals surface area contributed by atoms with Crippen molar-refractivity contribution in [2.45, 2.75) is 6.92 Å². The van der Waals surface area contributed by atoms with Gasteiger partial charge < -0.3 is 5.73 Å². The van der Waals surface area contributed by atoms with Crippen LogP contribution in [0.5, 0.6) is 0 Å². The molecule has 0 aliphatic rings. The molecule has 1 heterocycles. The first-order chi connectivity index (χ1) is 9.66. The molecule has 0 bridgehead atoms. The van der Waals surface area contributed by atoms with Gasteiger partial charge in [-0.05, 0) is 47.2 Å². The van der Waals surface area contributed by atoms with E-state index in [0.717, 1.165) is 11.3 Å². The van der Waals surface area contributed by atoms with E-state index in [1.165, 1.54) is 0 Å². The Morgan fingerprint density at radius 1 is 1.15 bits per heavy atom. The molecule has 0 aliphatic carbocycles. The van der Waals surface area contributed by atoms with Crippen LogP contribution in [0.4, 0.5) is 5.69 Å². The zero-order valence-corrected chi connectivity index (χ0v) is 11.5. The van der Waals surface area contributed by atoms with Gasteiger partial charge in [0.2, 0.25) is 0 Å². The van der Waals surface area contributed by atoms with Crippen LogP contribution < -0.4 is 5.73 Å². The molecule has 0 fully saturated rings. The van der Waals surface area contributed by atoms with Crippen LogP contribution in [-0.2, 0) is 0 Å². The first-order valence-electron chi connectivity index (χ1n) is 6.06. The fourth-order valence-electron chi connectivity index (χ4n) is 2.04. The van der Waals surface area contributed by atoms with E-state index in [-0.39, 0.29) is 0 Å². The molecule has 0 saturated carbocycles. The van der Waals surface area contributed by atoms with Crippen LogP contribution in [0.2, 0.25) is 5.02 Å². The lowest BCUT2D eigenvalue weighted by atomic mass is 10.1. The van der Waals surface area contributed by atoms with Crippen molar-refractivity contribution in [3.8, 4) is 17.1 Å². The first-order valence-corrected chi connectivity index (χ1v) is 6.44. The van der Waals surface area contributed by atoms with Crippen molar-refractivity contribution in [2.24, 2.45) is 0 Å². The lowest BCUT2D eigenvalue weighted by Gasteiger charge is -2.09. The molecular formula is C14H12ClN5. The number of hydrogen-bond acceptors (Lipinski definition) is 4. The number of hydrogen-bond donors (Lipinski definition) is 1. The summed E-state index contributed by atoms with van der Waals surface area (Å²) in [5, 5.41) is 12.5. The molecule has 0 spiro atoms. The number of para-hydroxylation sites is 1. The zero-order valence-electron chi connectivity index (χ0n) is 10.8. The van der Waals surface area contributed by atoms with E-state index in [2.05, 4.69) is 15.5 Å². The van der Waals surface area contributed by atoms with E-state index in [1.807, 2.05) is 31.2 Å². The molecule has 0 saturated heterocycles. The van der Waals surface area contributed by atoms with Crippen molar-refractivity contribution in [2.75, 3.05) is 5.73 Å². The molecule has 0 radical (unpaired) electrons. The predicted molar refractivity (Wildman–Crippen MR) is 78.7 cm³/mol. The lowest BCUT2D eigenvalue weighted by molar-refractivity contribution is 0.787. The van der Waals surface area contributed by atoms with Gasteiger partial charge in [-0.1, -0.05) is 29.8 Å². The molecule has 3 aromatic rings. The Hall–Kier alpha value is -2.40. The minimum atomic E-state index is 0.569. The minimum absolute atomic E-state index is 0.569. The van der Waals surface area contributed by atoms with Crippen molar-refractivity contribution < 1.29 is 0 Å². The van der Waals surface area contributed by atoms with Crippen molar-refractivity contribution in [3.05, 3.63) is 53.1 Å². The average Bonchev–Trinajstić information content (AvgIpc) is 2.91. The number of tetrazole rings is 1. The third-order valence-corrected chi connectivity index (χ3v) is 3.30. The van der Waals surface area contributed by atoms with Crippen LogP contribution in [0, 0.1) is 6.92 Å². The van der Waals surface area contributed by atoms with Gasteiger partial charge in [-0.3, -0.25) is 0 Å². The average molecular weight is 286 g/mol. The van der Waals surface area contributed by atoms with Gasteiger partial charge in [-0.2, -0.15) is 4.68 Å². The van der Waals surface area contributed by atoms with E-state index in [4.69, 9.17) is 17.3 Å². The van der Waals surface area contributed by atoms with E-state index in [0.29, 0.717) is 22.1 Å². The smallest absolute Gasteiger partial charge is 0.189 e. The van der Waals surface area contributed by atoms with Crippen molar-refractivity contribution in [1.82, 2.24) is 20.2 Å². The van der Waals surface area contributed by atoms with Gasteiger partial charge in [-0.25, -0.2) is 0 Å². The number of anilines is 1. The normalized spacial score (nSPS) is 10.7. The predicted octanol–water partition coefficient (Wildman–Crippen LogP) is 2.87. The summed E-state index contributed by atoms with van der Waals surface area (Å²) in [6.07, 6.45) is 0. The van der Waals surface area contributed by atoms with Gasteiger partial charge in [-0.15, -0.1) is 5.10 Å². The summed E-state index contributed by atoms with van der Waals surface area (Å²) in [6, 6.07) is 13.1. The van der Waals surface area contributed by atoms with Crippen LogP contribution in [-0.4, -0.2) is 20.2 Å². The molecule has 2 aromatic carbocycles. The first kappa shape index (κ1) is 12.6. The van der Waals surface area contributed by atoms with E-state index in [1.54, 1.807) is 22.9 Å². The fourth-order valence-corrected chi connectivity index (χ4v) is 2.21. The molecule has 5 nitrogen and oxygen atoms in total.